The van der Waals surface area contributed by atoms with E-state index in [0.717, 1.165) is 4.11 Å². The van der Waals surface area contributed by atoms with Crippen LogP contribution in [0.15, 0.2) is 60.7 Å². The third-order valence-corrected chi connectivity index (χ3v) is 6.09. The quantitative estimate of drug-likeness (QED) is 0.446. The van der Waals surface area contributed by atoms with Gasteiger partial charge in [-0.1, -0.05) is 0 Å². The zero-order chi connectivity index (χ0) is 12.5. The molecule has 0 N–H and O–H groups in total. The molecule has 0 aromatic heterocycles. The summed E-state index contributed by atoms with van der Waals surface area (Å²) in [4.78, 5) is 0. The van der Waals surface area contributed by atoms with Crippen molar-refractivity contribution < 1.29 is 13.5 Å². The summed E-state index contributed by atoms with van der Waals surface area (Å²) in [6, 6.07) is 18.7. The molecule has 0 fully saturated rings. The van der Waals surface area contributed by atoms with Crippen LogP contribution in [0.3, 0.4) is 0 Å². The maximum atomic E-state index is 6.19. The number of halogens is 2. The van der Waals surface area contributed by atoms with Crippen LogP contribution in [0.2, 0.25) is 0 Å². The van der Waals surface area contributed by atoms with E-state index in [2.05, 4.69) is 36.4 Å². The number of hydrogen-bond acceptors (Lipinski definition) is 0. The fourth-order valence-corrected chi connectivity index (χ4v) is 4.65. The van der Waals surface area contributed by atoms with E-state index >= 15 is 0 Å². The van der Waals surface area contributed by atoms with Crippen LogP contribution >= 0.6 is 19.4 Å². The van der Waals surface area contributed by atoms with Crippen LogP contribution in [0.4, 0.5) is 0 Å². The van der Waals surface area contributed by atoms with Gasteiger partial charge in [-0.25, -0.2) is 0 Å². The second kappa shape index (κ2) is 7.32. The van der Waals surface area contributed by atoms with Crippen LogP contribution in [0, 0.1) is 14.9 Å². The minimum absolute atomic E-state index is 0. The molecule has 0 heterocycles. The van der Waals surface area contributed by atoms with Gasteiger partial charge in [-0.15, -0.1) is 0 Å². The molecular formula is C17H16Cl2Ru-2. The molecule has 0 nitrogen and oxygen atoms in total. The molecule has 108 valence electrons. The zero-order valence-electron chi connectivity index (χ0n) is 11.4. The van der Waals surface area contributed by atoms with Crippen molar-refractivity contribution in [1.82, 2.24) is 0 Å². The van der Waals surface area contributed by atoms with Gasteiger partial charge in [0.05, 0.1) is 0 Å². The number of benzene rings is 2. The van der Waals surface area contributed by atoms with Crippen molar-refractivity contribution in [2.24, 2.45) is 0 Å². The van der Waals surface area contributed by atoms with Gasteiger partial charge in [0.25, 0.3) is 0 Å². The molecule has 3 rings (SSSR count). The molecule has 0 unspecified atom stereocenters. The molecule has 0 aliphatic heterocycles. The predicted octanol–water partition coefficient (Wildman–Crippen LogP) is 5.48. The van der Waals surface area contributed by atoms with Crippen molar-refractivity contribution in [2.75, 3.05) is 0 Å². The van der Waals surface area contributed by atoms with E-state index in [9.17, 15) is 0 Å². The van der Waals surface area contributed by atoms with Crippen molar-refractivity contribution in [3.63, 3.8) is 0 Å². The molecule has 1 aliphatic rings. The van der Waals surface area contributed by atoms with Gasteiger partial charge in [0, 0.05) is 0 Å². The van der Waals surface area contributed by atoms with E-state index in [1.807, 2.05) is 24.3 Å². The Balaban J connectivity index is 0.000001000. The molecule has 0 spiro atoms. The summed E-state index contributed by atoms with van der Waals surface area (Å²) in [5.74, 6) is 0. The number of allylic oxidation sites excluding steroid dienone is 1. The summed E-state index contributed by atoms with van der Waals surface area (Å²) >= 11 is -1.88. The average molecular weight is 392 g/mol. The molecule has 0 bridgehead atoms. The molecule has 0 saturated carbocycles. The Hall–Kier alpha value is -0.747. The maximum absolute atomic E-state index is 6.19. The SMILES string of the molecule is [CH3-].[CH3-].[Cl][Ru]([Cl])=[C]1C=C(c2ccccc2)c2ccccc21. The van der Waals surface area contributed by atoms with Gasteiger partial charge in [0.15, 0.2) is 0 Å². The second-order valence-electron chi connectivity index (χ2n) is 3.99. The van der Waals surface area contributed by atoms with Crippen LogP contribution in [-0.4, -0.2) is 4.11 Å². The van der Waals surface area contributed by atoms with E-state index in [-0.39, 0.29) is 14.9 Å². The molecule has 3 heteroatoms. The summed E-state index contributed by atoms with van der Waals surface area (Å²) in [5.41, 5.74) is 4.86. The molecule has 0 saturated heterocycles. The summed E-state index contributed by atoms with van der Waals surface area (Å²) in [7, 11) is 12.4. The van der Waals surface area contributed by atoms with E-state index in [1.165, 1.54) is 22.3 Å². The number of rotatable bonds is 1. The first kappa shape index (κ1) is 17.3. The third-order valence-electron chi connectivity index (χ3n) is 2.96. The molecule has 1 aliphatic carbocycles. The molecular weight excluding hydrogens is 376 g/mol. The van der Waals surface area contributed by atoms with E-state index in [1.54, 1.807) is 0 Å². The predicted molar refractivity (Wildman–Crippen MR) is 88.6 cm³/mol. The number of hydrogen-bond donors (Lipinski definition) is 0. The summed E-state index contributed by atoms with van der Waals surface area (Å²) < 4.78 is 1.12. The van der Waals surface area contributed by atoms with Gasteiger partial charge in [0.2, 0.25) is 0 Å². The van der Waals surface area contributed by atoms with Gasteiger partial charge in [-0.3, -0.25) is 0 Å². The van der Waals surface area contributed by atoms with Gasteiger partial charge >= 0.3 is 120 Å². The minimum atomic E-state index is -1.88. The zero-order valence-corrected chi connectivity index (χ0v) is 14.6. The van der Waals surface area contributed by atoms with Crippen molar-refractivity contribution >= 4 is 29.1 Å². The van der Waals surface area contributed by atoms with Gasteiger partial charge in [-0.05, 0) is 0 Å². The summed E-state index contributed by atoms with van der Waals surface area (Å²) in [5, 5.41) is 0. The molecule has 2 aromatic carbocycles. The van der Waals surface area contributed by atoms with E-state index < -0.39 is 13.5 Å². The molecule has 20 heavy (non-hydrogen) atoms. The van der Waals surface area contributed by atoms with Gasteiger partial charge in [0.1, 0.15) is 0 Å². The fourth-order valence-electron chi connectivity index (χ4n) is 2.17. The molecule has 2 aromatic rings. The first-order valence-corrected chi connectivity index (χ1v) is 10.9. The fraction of sp³-hybridized carbons (Fsp3) is 0. The van der Waals surface area contributed by atoms with Crippen LogP contribution < -0.4 is 0 Å². The Morgan fingerprint density at radius 1 is 0.700 bits per heavy atom. The third kappa shape index (κ3) is 3.11. The Morgan fingerprint density at radius 2 is 1.25 bits per heavy atom. The monoisotopic (exact) mass is 392 g/mol. The van der Waals surface area contributed by atoms with Crippen LogP contribution in [0.25, 0.3) is 5.57 Å². The standard InChI is InChI=1S/C15H10.2CH3.2ClH.Ru/c1-2-6-12(7-3-1)15-11-10-13-8-4-5-9-14(13)15;;;;;/h1-9,11H;2*1H3;2*1H;/q;2*-1;;;+2/p-2. The van der Waals surface area contributed by atoms with E-state index in [0.29, 0.717) is 0 Å². The Bertz CT molecular complexity index is 654. The van der Waals surface area contributed by atoms with Crippen LogP contribution in [0.1, 0.15) is 16.7 Å². The summed E-state index contributed by atoms with van der Waals surface area (Å²) in [6.07, 6.45) is 2.15. The molecule has 0 atom stereocenters. The normalized spacial score (nSPS) is 12.8. The second-order valence-corrected chi connectivity index (χ2v) is 9.80. The van der Waals surface area contributed by atoms with Crippen molar-refractivity contribution in [1.29, 1.82) is 0 Å². The Morgan fingerprint density at radius 3 is 1.85 bits per heavy atom. The first-order chi connectivity index (χ1) is 8.77. The van der Waals surface area contributed by atoms with Crippen LogP contribution in [0.5, 0.6) is 0 Å². The first-order valence-electron chi connectivity index (χ1n) is 5.51. The van der Waals surface area contributed by atoms with Crippen LogP contribution in [-0.2, 0) is 13.5 Å². The van der Waals surface area contributed by atoms with Crippen molar-refractivity contribution in [2.45, 2.75) is 0 Å². The van der Waals surface area contributed by atoms with Crippen molar-refractivity contribution in [3.8, 4) is 0 Å². The topological polar surface area (TPSA) is 0 Å². The number of fused-ring (bicyclic) bond motifs is 1. The average Bonchev–Trinajstić information content (AvgIpc) is 2.79. The molecule has 0 amide bonds. The van der Waals surface area contributed by atoms with Gasteiger partial charge < -0.3 is 14.9 Å². The van der Waals surface area contributed by atoms with Crippen molar-refractivity contribution in [3.05, 3.63) is 92.2 Å². The molecule has 0 radical (unpaired) electrons. The summed E-state index contributed by atoms with van der Waals surface area (Å²) in [6.45, 7) is 0. The Labute approximate surface area is 134 Å². The Kier molecular flexibility index (Phi) is 6.33. The van der Waals surface area contributed by atoms with Gasteiger partial charge in [-0.2, -0.15) is 0 Å². The van der Waals surface area contributed by atoms with E-state index in [4.69, 9.17) is 19.4 Å².